The van der Waals surface area contributed by atoms with Gasteiger partial charge in [-0.2, -0.15) is 0 Å². The van der Waals surface area contributed by atoms with Gasteiger partial charge >= 0.3 is 5.97 Å². The second kappa shape index (κ2) is 7.19. The molecule has 34 heavy (non-hydrogen) atoms. The fraction of sp³-hybridized carbons (Fsp3) is 0.696. The SMILES string of the molecule is C[C@@]12C[C@@]3(O)O[C@@H](O1)[C@]1(CO)[C@H]3C[C@]12O[C@@H]1O[C@H](COC(=O)c2ccccc2)[C@@H](O)[C@H](O)[C@H]1O. The van der Waals surface area contributed by atoms with Crippen LogP contribution in [0.25, 0.3) is 0 Å². The van der Waals surface area contributed by atoms with Crippen LogP contribution in [-0.2, 0) is 23.7 Å². The minimum absolute atomic E-state index is 0.106. The van der Waals surface area contributed by atoms with Crippen molar-refractivity contribution in [3.63, 3.8) is 0 Å². The lowest BCUT2D eigenvalue weighted by molar-refractivity contribution is -0.424. The van der Waals surface area contributed by atoms with Gasteiger partial charge < -0.3 is 49.2 Å². The second-order valence-corrected chi connectivity index (χ2v) is 10.2. The molecule has 11 heteroatoms. The van der Waals surface area contributed by atoms with Crippen molar-refractivity contribution in [1.29, 1.82) is 0 Å². The first-order valence-electron chi connectivity index (χ1n) is 11.4. The zero-order valence-electron chi connectivity index (χ0n) is 18.4. The molecule has 0 aromatic heterocycles. The lowest BCUT2D eigenvalue weighted by atomic mass is 9.41. The zero-order chi connectivity index (χ0) is 24.1. The van der Waals surface area contributed by atoms with E-state index in [0.717, 1.165) is 0 Å². The number of benzene rings is 1. The fourth-order valence-electron chi connectivity index (χ4n) is 6.86. The molecule has 0 spiro atoms. The molecule has 3 aliphatic carbocycles. The number of carbonyl (C=O) groups excluding carboxylic acids is 1. The van der Waals surface area contributed by atoms with E-state index in [1.54, 1.807) is 37.3 Å². The molecule has 4 aliphatic heterocycles. The number of rotatable bonds is 6. The number of ether oxygens (including phenoxy) is 5. The largest absolute Gasteiger partial charge is 0.459 e. The number of aliphatic hydroxyl groups excluding tert-OH is 4. The molecular weight excluding hydrogens is 452 g/mol. The summed E-state index contributed by atoms with van der Waals surface area (Å²) in [6, 6.07) is 8.27. The minimum Gasteiger partial charge on any atom is -0.459 e. The average molecular weight is 480 g/mol. The van der Waals surface area contributed by atoms with Gasteiger partial charge in [0.2, 0.25) is 0 Å². The van der Waals surface area contributed by atoms with E-state index in [2.05, 4.69) is 0 Å². The topological polar surface area (TPSA) is 164 Å². The van der Waals surface area contributed by atoms with Crippen LogP contribution >= 0.6 is 0 Å². The van der Waals surface area contributed by atoms with Crippen LogP contribution in [0.5, 0.6) is 0 Å². The summed E-state index contributed by atoms with van der Waals surface area (Å²) >= 11 is 0. The van der Waals surface area contributed by atoms with E-state index in [-0.39, 0.29) is 19.4 Å². The Labute approximate surface area is 194 Å². The van der Waals surface area contributed by atoms with Crippen LogP contribution in [0.2, 0.25) is 0 Å². The second-order valence-electron chi connectivity index (χ2n) is 10.2. The van der Waals surface area contributed by atoms with Crippen LogP contribution in [0.4, 0.5) is 0 Å². The quantitative estimate of drug-likeness (QED) is 0.306. The Morgan fingerprint density at radius 2 is 1.85 bits per heavy atom. The third-order valence-electron chi connectivity index (χ3n) is 8.59. The summed E-state index contributed by atoms with van der Waals surface area (Å²) in [7, 11) is 0. The van der Waals surface area contributed by atoms with Gasteiger partial charge in [-0.25, -0.2) is 4.79 Å². The van der Waals surface area contributed by atoms with Crippen molar-refractivity contribution in [2.75, 3.05) is 13.2 Å². The summed E-state index contributed by atoms with van der Waals surface area (Å²) in [6.45, 7) is 0.977. The van der Waals surface area contributed by atoms with Crippen LogP contribution in [0, 0.1) is 11.3 Å². The molecule has 0 amide bonds. The van der Waals surface area contributed by atoms with Crippen molar-refractivity contribution in [3.8, 4) is 0 Å². The van der Waals surface area contributed by atoms with Gasteiger partial charge in [-0.1, -0.05) is 18.2 Å². The Bertz CT molecular complexity index is 990. The highest BCUT2D eigenvalue weighted by molar-refractivity contribution is 5.89. The van der Waals surface area contributed by atoms with E-state index in [4.69, 9.17) is 23.7 Å². The maximum Gasteiger partial charge on any atom is 0.338 e. The minimum atomic E-state index is -1.64. The van der Waals surface area contributed by atoms with E-state index in [0.29, 0.717) is 5.56 Å². The molecule has 186 valence electrons. The standard InChI is InChI=1S/C23H28O11/c1-20-9-22(29)13-7-23(20,21(13,10-24)19(33-20)34-22)32-18-16(27)15(26)14(25)12(31-18)8-30-17(28)11-5-3-2-4-6-11/h2-6,12-16,18-19,24-27,29H,7-10H2,1H3/t12-,13-,14-,15+,16-,18+,19-,20+,21+,22-,23-/m1/s1. The molecular formula is C23H28O11. The van der Waals surface area contributed by atoms with Gasteiger partial charge in [0.1, 0.15) is 42.2 Å². The van der Waals surface area contributed by atoms with Crippen LogP contribution < -0.4 is 0 Å². The molecule has 1 aromatic rings. The third-order valence-corrected chi connectivity index (χ3v) is 8.59. The van der Waals surface area contributed by atoms with Gasteiger partial charge in [0, 0.05) is 12.3 Å². The van der Waals surface area contributed by atoms with Crippen molar-refractivity contribution >= 4 is 5.97 Å². The van der Waals surface area contributed by atoms with Gasteiger partial charge in [0.25, 0.3) is 0 Å². The summed E-state index contributed by atoms with van der Waals surface area (Å²) in [6.07, 6.45) is -7.90. The van der Waals surface area contributed by atoms with Gasteiger partial charge in [-0.15, -0.1) is 0 Å². The molecule has 0 unspecified atom stereocenters. The highest BCUT2D eigenvalue weighted by Gasteiger charge is 2.94. The summed E-state index contributed by atoms with van der Waals surface area (Å²) in [5.74, 6) is -2.49. The molecule has 4 heterocycles. The van der Waals surface area contributed by atoms with Gasteiger partial charge in [-0.05, 0) is 25.5 Å². The fourth-order valence-corrected chi connectivity index (χ4v) is 6.86. The Morgan fingerprint density at radius 1 is 1.12 bits per heavy atom. The highest BCUT2D eigenvalue weighted by atomic mass is 16.8. The van der Waals surface area contributed by atoms with Crippen LogP contribution in [0.1, 0.15) is 30.1 Å². The molecule has 0 radical (unpaired) electrons. The van der Waals surface area contributed by atoms with Crippen LogP contribution in [0.3, 0.4) is 0 Å². The van der Waals surface area contributed by atoms with Gasteiger partial charge in [0.05, 0.1) is 17.6 Å². The summed E-state index contributed by atoms with van der Waals surface area (Å²) in [4.78, 5) is 12.3. The average Bonchev–Trinajstić information content (AvgIpc) is 3.00. The van der Waals surface area contributed by atoms with E-state index >= 15 is 0 Å². The number of carbonyl (C=O) groups is 1. The number of hydrogen-bond acceptors (Lipinski definition) is 11. The van der Waals surface area contributed by atoms with E-state index in [1.165, 1.54) is 0 Å². The molecule has 11 nitrogen and oxygen atoms in total. The monoisotopic (exact) mass is 480 g/mol. The molecule has 7 fully saturated rings. The highest BCUT2D eigenvalue weighted by Crippen LogP contribution is 2.81. The molecule has 7 aliphatic rings. The Hall–Kier alpha value is -1.67. The lowest BCUT2D eigenvalue weighted by Crippen LogP contribution is -2.80. The van der Waals surface area contributed by atoms with Crippen LogP contribution in [-0.4, -0.2) is 98.7 Å². The van der Waals surface area contributed by atoms with Crippen LogP contribution in [0.15, 0.2) is 30.3 Å². The predicted octanol–water partition coefficient (Wildman–Crippen LogP) is -1.36. The maximum atomic E-state index is 12.3. The first-order valence-corrected chi connectivity index (χ1v) is 11.4. The Morgan fingerprint density at radius 3 is 2.56 bits per heavy atom. The number of esters is 1. The summed E-state index contributed by atoms with van der Waals surface area (Å²) < 4.78 is 29.1. The van der Waals surface area contributed by atoms with E-state index < -0.39 is 77.9 Å². The molecule has 11 atom stereocenters. The van der Waals surface area contributed by atoms with Crippen molar-refractivity contribution in [2.24, 2.45) is 11.3 Å². The zero-order valence-corrected chi connectivity index (χ0v) is 18.4. The lowest BCUT2D eigenvalue weighted by Gasteiger charge is -2.67. The van der Waals surface area contributed by atoms with Crippen molar-refractivity contribution in [2.45, 2.75) is 73.8 Å². The molecule has 6 bridgehead atoms. The third kappa shape index (κ3) is 2.59. The molecule has 5 N–H and O–H groups in total. The van der Waals surface area contributed by atoms with E-state index in [9.17, 15) is 30.3 Å². The van der Waals surface area contributed by atoms with E-state index in [1.807, 2.05) is 0 Å². The van der Waals surface area contributed by atoms with Crippen molar-refractivity contribution in [1.82, 2.24) is 0 Å². The van der Waals surface area contributed by atoms with Gasteiger partial charge in [-0.3, -0.25) is 0 Å². The van der Waals surface area contributed by atoms with Crippen molar-refractivity contribution in [3.05, 3.63) is 35.9 Å². The Balaban J connectivity index is 1.22. The predicted molar refractivity (Wildman–Crippen MR) is 109 cm³/mol. The number of hydrogen-bond donors (Lipinski definition) is 5. The van der Waals surface area contributed by atoms with Gasteiger partial charge in [0.15, 0.2) is 18.4 Å². The molecule has 4 saturated heterocycles. The first-order chi connectivity index (χ1) is 16.1. The normalized spacial score (nSPS) is 52.5. The maximum absolute atomic E-state index is 12.3. The Kier molecular flexibility index (Phi) is 4.81. The molecule has 8 rings (SSSR count). The summed E-state index contributed by atoms with van der Waals surface area (Å²) in [5.41, 5.74) is -2.95. The number of aliphatic hydroxyl groups is 5. The molecule has 1 aromatic carbocycles. The smallest absolute Gasteiger partial charge is 0.338 e. The molecule has 3 saturated carbocycles. The first kappa shape index (κ1) is 22.8. The van der Waals surface area contributed by atoms with Crippen molar-refractivity contribution < 1.29 is 54.0 Å². The summed E-state index contributed by atoms with van der Waals surface area (Å²) in [5, 5.41) is 52.9.